The Kier molecular flexibility index (Phi) is 6.66. The first kappa shape index (κ1) is 17.2. The third-order valence-corrected chi connectivity index (χ3v) is 4.70. The van der Waals surface area contributed by atoms with E-state index in [0.717, 1.165) is 12.8 Å². The highest BCUT2D eigenvalue weighted by Gasteiger charge is 2.26. The molecule has 0 spiro atoms. The molecule has 0 N–H and O–H groups in total. The van der Waals surface area contributed by atoms with E-state index in [9.17, 15) is 8.78 Å². The lowest BCUT2D eigenvalue weighted by Gasteiger charge is -2.26. The predicted octanol–water partition coefficient (Wildman–Crippen LogP) is 5.83. The molecule has 124 valence electrons. The van der Waals surface area contributed by atoms with Crippen molar-refractivity contribution in [3.8, 4) is 5.75 Å². The highest BCUT2D eigenvalue weighted by molar-refractivity contribution is 5.40. The summed E-state index contributed by atoms with van der Waals surface area (Å²) in [6, 6.07) is 1.22. The first-order valence-electron chi connectivity index (χ1n) is 8.79. The van der Waals surface area contributed by atoms with Crippen LogP contribution in [0.2, 0.25) is 0 Å². The molecule has 0 aromatic heterocycles. The van der Waals surface area contributed by atoms with Gasteiger partial charge < -0.3 is 4.74 Å². The molecule has 0 bridgehead atoms. The number of rotatable bonds is 8. The molecule has 0 amide bonds. The van der Waals surface area contributed by atoms with Crippen LogP contribution in [0.15, 0.2) is 6.07 Å². The largest absolute Gasteiger partial charge is 0.491 e. The zero-order chi connectivity index (χ0) is 15.9. The van der Waals surface area contributed by atoms with E-state index >= 15 is 0 Å². The van der Waals surface area contributed by atoms with E-state index in [2.05, 4.69) is 6.92 Å². The molecule has 0 fully saturated rings. The van der Waals surface area contributed by atoms with Crippen LogP contribution in [0.3, 0.4) is 0 Å². The van der Waals surface area contributed by atoms with Gasteiger partial charge in [0.1, 0.15) is 5.82 Å². The molecule has 1 atom stereocenters. The van der Waals surface area contributed by atoms with Gasteiger partial charge in [0, 0.05) is 6.07 Å². The van der Waals surface area contributed by atoms with Gasteiger partial charge in [-0.25, -0.2) is 8.78 Å². The average molecular weight is 310 g/mol. The Bertz CT molecular complexity index is 485. The number of hydrogen-bond donors (Lipinski definition) is 0. The first-order valence-corrected chi connectivity index (χ1v) is 8.79. The SMILES string of the molecule is CCCCCCCC1CCc2c(F)c(OCC)cc(F)c2C1. The molecule has 1 unspecified atom stereocenters. The smallest absolute Gasteiger partial charge is 0.168 e. The molecule has 0 radical (unpaired) electrons. The summed E-state index contributed by atoms with van der Waals surface area (Å²) in [6.45, 7) is 4.35. The summed E-state index contributed by atoms with van der Waals surface area (Å²) in [5, 5.41) is 0. The third-order valence-electron chi connectivity index (χ3n) is 4.70. The van der Waals surface area contributed by atoms with Gasteiger partial charge in [-0.3, -0.25) is 0 Å². The Hall–Kier alpha value is -1.12. The normalized spacial score (nSPS) is 17.4. The van der Waals surface area contributed by atoms with Crippen LogP contribution in [0, 0.1) is 17.6 Å². The maximum atomic E-state index is 14.3. The van der Waals surface area contributed by atoms with Crippen LogP contribution >= 0.6 is 0 Å². The molecule has 0 saturated heterocycles. The van der Waals surface area contributed by atoms with Crippen LogP contribution in [0.1, 0.15) is 69.9 Å². The zero-order valence-electron chi connectivity index (χ0n) is 13.9. The van der Waals surface area contributed by atoms with Gasteiger partial charge in [0.25, 0.3) is 0 Å². The Labute approximate surface area is 133 Å². The van der Waals surface area contributed by atoms with Gasteiger partial charge >= 0.3 is 0 Å². The fraction of sp³-hybridized carbons (Fsp3) is 0.684. The van der Waals surface area contributed by atoms with Crippen molar-refractivity contribution >= 4 is 0 Å². The number of unbranched alkanes of at least 4 members (excludes halogenated alkanes) is 4. The fourth-order valence-corrected chi connectivity index (χ4v) is 3.45. The molecule has 0 saturated carbocycles. The van der Waals surface area contributed by atoms with Gasteiger partial charge in [0.15, 0.2) is 11.6 Å². The second-order valence-corrected chi connectivity index (χ2v) is 6.37. The molecular formula is C19H28F2O. The van der Waals surface area contributed by atoms with Crippen molar-refractivity contribution in [1.82, 2.24) is 0 Å². The number of benzene rings is 1. The Morgan fingerprint density at radius 2 is 1.86 bits per heavy atom. The Morgan fingerprint density at radius 3 is 2.59 bits per heavy atom. The minimum atomic E-state index is -0.348. The van der Waals surface area contributed by atoms with E-state index in [1.54, 1.807) is 6.92 Å². The number of ether oxygens (including phenoxy) is 1. The molecular weight excluding hydrogens is 282 g/mol. The van der Waals surface area contributed by atoms with Crippen molar-refractivity contribution in [2.24, 2.45) is 5.92 Å². The lowest BCUT2D eigenvalue weighted by Crippen LogP contribution is -2.18. The van der Waals surface area contributed by atoms with Crippen molar-refractivity contribution in [2.45, 2.75) is 71.6 Å². The van der Waals surface area contributed by atoms with E-state index in [0.29, 0.717) is 36.5 Å². The van der Waals surface area contributed by atoms with Crippen LogP contribution < -0.4 is 4.74 Å². The lowest BCUT2D eigenvalue weighted by atomic mass is 9.80. The first-order chi connectivity index (χ1) is 10.7. The van der Waals surface area contributed by atoms with E-state index in [-0.39, 0.29) is 17.4 Å². The second kappa shape index (κ2) is 8.50. The summed E-state index contributed by atoms with van der Waals surface area (Å²) in [6.07, 6.45) is 9.73. The van der Waals surface area contributed by atoms with Crippen molar-refractivity contribution in [3.05, 3.63) is 28.8 Å². The predicted molar refractivity (Wildman–Crippen MR) is 86.4 cm³/mol. The number of fused-ring (bicyclic) bond motifs is 1. The summed E-state index contributed by atoms with van der Waals surface area (Å²) < 4.78 is 33.8. The Morgan fingerprint density at radius 1 is 1.09 bits per heavy atom. The maximum absolute atomic E-state index is 14.3. The lowest BCUT2D eigenvalue weighted by molar-refractivity contribution is 0.312. The molecule has 22 heavy (non-hydrogen) atoms. The van der Waals surface area contributed by atoms with Crippen molar-refractivity contribution < 1.29 is 13.5 Å². The van der Waals surface area contributed by atoms with Crippen LogP contribution in [-0.2, 0) is 12.8 Å². The van der Waals surface area contributed by atoms with Gasteiger partial charge in [0.2, 0.25) is 0 Å². The van der Waals surface area contributed by atoms with Crippen molar-refractivity contribution in [2.75, 3.05) is 6.61 Å². The van der Waals surface area contributed by atoms with Crippen LogP contribution in [0.5, 0.6) is 5.75 Å². The average Bonchev–Trinajstić information content (AvgIpc) is 2.52. The zero-order valence-corrected chi connectivity index (χ0v) is 13.9. The summed E-state index contributed by atoms with van der Waals surface area (Å²) in [7, 11) is 0. The summed E-state index contributed by atoms with van der Waals surface area (Å²) >= 11 is 0. The highest BCUT2D eigenvalue weighted by Crippen LogP contribution is 2.35. The topological polar surface area (TPSA) is 9.23 Å². The molecule has 0 aliphatic heterocycles. The molecule has 1 nitrogen and oxygen atoms in total. The molecule has 1 aromatic carbocycles. The Balaban J connectivity index is 1.97. The minimum Gasteiger partial charge on any atom is -0.491 e. The van der Waals surface area contributed by atoms with Gasteiger partial charge in [0.05, 0.1) is 6.61 Å². The van der Waals surface area contributed by atoms with Gasteiger partial charge in [-0.2, -0.15) is 0 Å². The van der Waals surface area contributed by atoms with Crippen LogP contribution in [0.25, 0.3) is 0 Å². The quantitative estimate of drug-likeness (QED) is 0.549. The highest BCUT2D eigenvalue weighted by atomic mass is 19.1. The van der Waals surface area contributed by atoms with Crippen molar-refractivity contribution in [3.63, 3.8) is 0 Å². The van der Waals surface area contributed by atoms with Crippen molar-refractivity contribution in [1.29, 1.82) is 0 Å². The van der Waals surface area contributed by atoms with E-state index in [1.807, 2.05) is 0 Å². The number of hydrogen-bond acceptors (Lipinski definition) is 1. The van der Waals surface area contributed by atoms with Gasteiger partial charge in [-0.05, 0) is 43.2 Å². The fourth-order valence-electron chi connectivity index (χ4n) is 3.45. The van der Waals surface area contributed by atoms with Gasteiger partial charge in [-0.1, -0.05) is 45.4 Å². The van der Waals surface area contributed by atoms with Crippen LogP contribution in [0.4, 0.5) is 8.78 Å². The molecule has 1 aliphatic carbocycles. The summed E-state index contributed by atoms with van der Waals surface area (Å²) in [5.41, 5.74) is 1.14. The summed E-state index contributed by atoms with van der Waals surface area (Å²) in [4.78, 5) is 0. The molecule has 1 aromatic rings. The number of halogens is 2. The second-order valence-electron chi connectivity index (χ2n) is 6.37. The standard InChI is InChI=1S/C19H28F2O/c1-3-5-6-7-8-9-14-10-11-15-16(12-14)17(20)13-18(19(15)21)22-4-2/h13-14H,3-12H2,1-2H3. The molecule has 1 aliphatic rings. The van der Waals surface area contributed by atoms with E-state index in [4.69, 9.17) is 4.74 Å². The van der Waals surface area contributed by atoms with E-state index in [1.165, 1.54) is 38.2 Å². The van der Waals surface area contributed by atoms with Gasteiger partial charge in [-0.15, -0.1) is 0 Å². The molecule has 0 heterocycles. The summed E-state index contributed by atoms with van der Waals surface area (Å²) in [5.74, 6) is -0.0760. The molecule has 2 rings (SSSR count). The van der Waals surface area contributed by atoms with E-state index < -0.39 is 0 Å². The minimum absolute atomic E-state index is 0.0664. The van der Waals surface area contributed by atoms with Crippen LogP contribution in [-0.4, -0.2) is 6.61 Å². The third kappa shape index (κ3) is 4.21. The molecule has 3 heteroatoms. The maximum Gasteiger partial charge on any atom is 0.168 e. The monoisotopic (exact) mass is 310 g/mol.